The van der Waals surface area contributed by atoms with Gasteiger partial charge in [0.2, 0.25) is 12.9 Å². The van der Waals surface area contributed by atoms with Crippen LogP contribution in [0.25, 0.3) is 6.08 Å². The number of aliphatic hydroxyl groups is 1. The number of aliphatic hydroxyl groups excluding tert-OH is 1. The molecule has 0 aromatic heterocycles. The monoisotopic (exact) mass is 522 g/mol. The van der Waals surface area contributed by atoms with Crippen molar-refractivity contribution >= 4 is 23.6 Å². The number of halogens is 4. The number of hydrogen-bond acceptors (Lipinski definition) is 6. The number of hydrazine groups is 2. The number of alkyl halides is 3. The topological polar surface area (TPSA) is 100 Å². The maximum absolute atomic E-state index is 13.7. The summed E-state index contributed by atoms with van der Waals surface area (Å²) in [5.74, 6) is -1.44. The first kappa shape index (κ1) is 27.0. The van der Waals surface area contributed by atoms with Gasteiger partial charge in [-0.15, -0.1) is 5.01 Å². The number of nitrogens with one attached hydrogen (secondary N) is 1. The number of carbonyl (C=O) groups is 1. The smallest absolute Gasteiger partial charge is 0.430 e. The van der Waals surface area contributed by atoms with Gasteiger partial charge in [0.05, 0.1) is 23.6 Å². The molecule has 1 aromatic carbocycles. The summed E-state index contributed by atoms with van der Waals surface area (Å²) in [7, 11) is 0. The first-order chi connectivity index (χ1) is 16.3. The normalized spacial score (nSPS) is 20.5. The van der Waals surface area contributed by atoms with E-state index in [9.17, 15) is 28.0 Å². The summed E-state index contributed by atoms with van der Waals surface area (Å²) in [6.07, 6.45) is -4.96. The van der Waals surface area contributed by atoms with Gasteiger partial charge in [-0.3, -0.25) is 0 Å². The van der Waals surface area contributed by atoms with Crippen LogP contribution >= 0.6 is 11.6 Å². The largest absolute Gasteiger partial charge is 0.475 e. The van der Waals surface area contributed by atoms with Crippen LogP contribution in [0.2, 0.25) is 5.02 Å². The van der Waals surface area contributed by atoms with Crippen molar-refractivity contribution in [2.24, 2.45) is 5.92 Å². The molecule has 0 spiro atoms. The number of carbonyl (C=O) groups excluding carboxylic acids is 1. The highest BCUT2D eigenvalue weighted by Gasteiger charge is 2.49. The Bertz CT molecular complexity index is 996. The maximum Gasteiger partial charge on any atom is 0.430 e. The Morgan fingerprint density at radius 3 is 2.69 bits per heavy atom. The van der Waals surface area contributed by atoms with E-state index in [0.717, 1.165) is 12.5 Å². The number of nitrogens with zero attached hydrogens (tertiary/aromatic N) is 2. The predicted octanol–water partition coefficient (Wildman–Crippen LogP) is 3.68. The van der Waals surface area contributed by atoms with Crippen molar-refractivity contribution in [1.29, 1.82) is 0 Å². The zero-order valence-electron chi connectivity index (χ0n) is 19.5. The van der Waals surface area contributed by atoms with Crippen LogP contribution in [0.15, 0.2) is 17.7 Å². The molecule has 3 rings (SSSR count). The standard InChI is InChI=1S/C22H28ClF3N3O6/c1-21(2,3)16-9-18-14(8-17(16)23)7-15(19(35-18)22(24,25)26)20(31)33-12-34-27-29(32)28-6-4-5-13(10-28)11-30/h7-9,13,19,30H,4-6,10-12H2,1-3H3,(H,27,32)/q+1/t13?,19-/m0/s1. The van der Waals surface area contributed by atoms with Crippen molar-refractivity contribution in [3.05, 3.63) is 38.8 Å². The lowest BCUT2D eigenvalue weighted by atomic mass is 9.85. The van der Waals surface area contributed by atoms with Crippen molar-refractivity contribution in [2.75, 3.05) is 26.5 Å². The van der Waals surface area contributed by atoms with Gasteiger partial charge in [-0.1, -0.05) is 32.4 Å². The quantitative estimate of drug-likeness (QED) is 0.184. The van der Waals surface area contributed by atoms with E-state index in [2.05, 4.69) is 0 Å². The molecule has 2 heterocycles. The highest BCUT2D eigenvalue weighted by atomic mass is 35.5. The highest BCUT2D eigenvalue weighted by Crippen LogP contribution is 2.42. The van der Waals surface area contributed by atoms with E-state index in [1.54, 1.807) is 0 Å². The Labute approximate surface area is 205 Å². The average molecular weight is 523 g/mol. The van der Waals surface area contributed by atoms with Crippen LogP contribution < -0.4 is 10.3 Å². The summed E-state index contributed by atoms with van der Waals surface area (Å²) < 4.78 is 51.1. The number of nitroso groups, excluding NO2 is 1. The van der Waals surface area contributed by atoms with E-state index in [1.807, 2.05) is 26.4 Å². The fourth-order valence-corrected chi connectivity index (χ4v) is 4.32. The molecule has 0 saturated carbocycles. The summed E-state index contributed by atoms with van der Waals surface area (Å²) in [4.78, 5) is 29.6. The number of esters is 1. The van der Waals surface area contributed by atoms with Gasteiger partial charge >= 0.3 is 12.1 Å². The van der Waals surface area contributed by atoms with Crippen LogP contribution in [-0.2, 0) is 19.8 Å². The minimum Gasteiger partial charge on any atom is -0.475 e. The molecule has 0 radical (unpaired) electrons. The number of benzene rings is 1. The van der Waals surface area contributed by atoms with E-state index >= 15 is 0 Å². The fourth-order valence-electron chi connectivity index (χ4n) is 3.86. The number of ether oxygens (including phenoxy) is 2. The van der Waals surface area contributed by atoms with Gasteiger partial charge in [-0.05, 0) is 42.0 Å². The molecule has 9 nitrogen and oxygen atoms in total. The van der Waals surface area contributed by atoms with Crippen LogP contribution in [0.3, 0.4) is 0 Å². The van der Waals surface area contributed by atoms with Crippen LogP contribution in [0.1, 0.15) is 44.7 Å². The summed E-state index contributed by atoms with van der Waals surface area (Å²) in [6.45, 7) is 5.39. The van der Waals surface area contributed by atoms with Crippen molar-refractivity contribution in [2.45, 2.75) is 51.3 Å². The molecule has 0 aliphatic carbocycles. The average Bonchev–Trinajstić information content (AvgIpc) is 2.78. The minimum atomic E-state index is -4.90. The van der Waals surface area contributed by atoms with E-state index in [1.165, 1.54) is 17.1 Å². The Morgan fingerprint density at radius 2 is 2.06 bits per heavy atom. The second kappa shape index (κ2) is 10.6. The first-order valence-corrected chi connectivity index (χ1v) is 11.4. The molecule has 13 heteroatoms. The SMILES string of the molecule is CC(C)(C)c1cc2c(cc1Cl)C=C(C(=O)OCON[N+](=O)N1CCCC(CO)C1)[C@@H](C(F)(F)F)O2. The fraction of sp³-hybridized carbons (Fsp3) is 0.591. The van der Waals surface area contributed by atoms with Crippen LogP contribution in [0.5, 0.6) is 5.75 Å². The molecule has 2 N–H and O–H groups in total. The van der Waals surface area contributed by atoms with E-state index < -0.39 is 36.0 Å². The maximum atomic E-state index is 13.7. The summed E-state index contributed by atoms with van der Waals surface area (Å²) in [5, 5.41) is 10.9. The molecule has 1 fully saturated rings. The molecule has 194 valence electrons. The molecular weight excluding hydrogens is 495 g/mol. The second-order valence-electron chi connectivity index (χ2n) is 9.42. The molecule has 1 saturated heterocycles. The van der Waals surface area contributed by atoms with Crippen molar-refractivity contribution in [3.8, 4) is 5.75 Å². The third-order valence-electron chi connectivity index (χ3n) is 5.68. The molecule has 2 atom stereocenters. The lowest BCUT2D eigenvalue weighted by Crippen LogP contribution is -2.48. The minimum absolute atomic E-state index is 0.0548. The number of piperidine rings is 1. The molecule has 2 aliphatic rings. The lowest BCUT2D eigenvalue weighted by molar-refractivity contribution is -0.792. The second-order valence-corrected chi connectivity index (χ2v) is 9.83. The van der Waals surface area contributed by atoms with Crippen molar-refractivity contribution in [1.82, 2.24) is 10.6 Å². The lowest BCUT2D eigenvalue weighted by Gasteiger charge is -2.30. The summed E-state index contributed by atoms with van der Waals surface area (Å²) in [5.41, 5.74) is 1.56. The zero-order valence-corrected chi connectivity index (χ0v) is 20.3. The van der Waals surface area contributed by atoms with Crippen molar-refractivity contribution < 1.29 is 42.4 Å². The molecule has 0 amide bonds. The molecule has 1 aromatic rings. The Kier molecular flexibility index (Phi) is 8.17. The number of rotatable bonds is 7. The summed E-state index contributed by atoms with van der Waals surface area (Å²) in [6, 6.07) is 2.87. The van der Waals surface area contributed by atoms with E-state index in [0.29, 0.717) is 30.1 Å². The van der Waals surface area contributed by atoms with Crippen molar-refractivity contribution in [3.63, 3.8) is 0 Å². The number of hydrogen-bond donors (Lipinski definition) is 2. The molecule has 2 aliphatic heterocycles. The van der Waals surface area contributed by atoms with Crippen LogP contribution in [0.4, 0.5) is 13.2 Å². The number of fused-ring (bicyclic) bond motifs is 1. The van der Waals surface area contributed by atoms with Gasteiger partial charge in [-0.25, -0.2) is 4.79 Å². The van der Waals surface area contributed by atoms with Crippen LogP contribution in [-0.4, -0.2) is 59.8 Å². The summed E-state index contributed by atoms with van der Waals surface area (Å²) >= 11 is 6.31. The molecule has 35 heavy (non-hydrogen) atoms. The van der Waals surface area contributed by atoms with Gasteiger partial charge < -0.3 is 14.6 Å². The molecular formula is C22H28ClF3N3O6+. The first-order valence-electron chi connectivity index (χ1n) is 11.0. The van der Waals surface area contributed by atoms with Gasteiger partial charge in [0.25, 0.3) is 4.98 Å². The third-order valence-corrected chi connectivity index (χ3v) is 6.00. The van der Waals surface area contributed by atoms with Crippen LogP contribution in [0, 0.1) is 10.8 Å². The van der Waals surface area contributed by atoms with Gasteiger partial charge in [0.1, 0.15) is 5.75 Å². The predicted molar refractivity (Wildman–Crippen MR) is 119 cm³/mol. The third kappa shape index (κ3) is 6.56. The zero-order chi connectivity index (χ0) is 26.0. The Hall–Kier alpha value is -2.57. The van der Waals surface area contributed by atoms with Gasteiger partial charge in [0, 0.05) is 28.7 Å². The Morgan fingerprint density at radius 1 is 1.34 bits per heavy atom. The van der Waals surface area contributed by atoms with Gasteiger partial charge in [0.15, 0.2) is 0 Å². The highest BCUT2D eigenvalue weighted by molar-refractivity contribution is 6.31. The van der Waals surface area contributed by atoms with Gasteiger partial charge in [-0.2, -0.15) is 18.0 Å². The van der Waals surface area contributed by atoms with E-state index in [-0.39, 0.29) is 28.8 Å². The van der Waals surface area contributed by atoms with E-state index in [4.69, 9.17) is 25.9 Å². The Balaban J connectivity index is 1.67. The molecule has 1 unspecified atom stereocenters. The molecule has 0 bridgehead atoms.